The van der Waals surface area contributed by atoms with Gasteiger partial charge in [-0.3, -0.25) is 9.05 Å². The number of phosphoric ester groups is 1. The fraction of sp³-hybridized carbons (Fsp3) is 0.684. The van der Waals surface area contributed by atoms with Crippen LogP contribution in [0.15, 0.2) is 24.3 Å². The van der Waals surface area contributed by atoms with E-state index in [1.165, 1.54) is 49.7 Å². The topological polar surface area (TPSA) is 81.8 Å². The Labute approximate surface area is 151 Å². The molecule has 0 amide bonds. The highest BCUT2D eigenvalue weighted by molar-refractivity contribution is 7.47. The molecule has 6 heteroatoms. The molecule has 1 heterocycles. The van der Waals surface area contributed by atoms with Gasteiger partial charge in [0.15, 0.2) is 0 Å². The maximum absolute atomic E-state index is 11.2. The molecule has 0 bridgehead atoms. The van der Waals surface area contributed by atoms with Crippen molar-refractivity contribution in [2.45, 2.75) is 70.3 Å². The van der Waals surface area contributed by atoms with E-state index in [4.69, 9.17) is 14.8 Å². The Balaban J connectivity index is 1.69. The van der Waals surface area contributed by atoms with Crippen molar-refractivity contribution in [2.75, 3.05) is 13.2 Å². The Kier molecular flexibility index (Phi) is 8.11. The minimum absolute atomic E-state index is 0.0525. The molecule has 1 fully saturated rings. The molecule has 1 saturated heterocycles. The van der Waals surface area contributed by atoms with Gasteiger partial charge in [0.05, 0.1) is 18.8 Å². The van der Waals surface area contributed by atoms with Crippen LogP contribution in [0.5, 0.6) is 0 Å². The summed E-state index contributed by atoms with van der Waals surface area (Å²) in [6, 6.07) is 8.69. The maximum atomic E-state index is 11.2. The smallest absolute Gasteiger partial charge is 0.321 e. The molecule has 0 spiro atoms. The Morgan fingerprint density at radius 3 is 2.12 bits per heavy atom. The van der Waals surface area contributed by atoms with Crippen LogP contribution in [0.3, 0.4) is 0 Å². The van der Waals surface area contributed by atoms with Gasteiger partial charge >= 0.3 is 7.82 Å². The zero-order valence-electron chi connectivity index (χ0n) is 15.3. The largest absolute Gasteiger partial charge is 0.472 e. The fourth-order valence-electron chi connectivity index (χ4n) is 3.02. The number of hydrogen-bond acceptors (Lipinski definition) is 4. The van der Waals surface area contributed by atoms with Crippen molar-refractivity contribution >= 4 is 7.82 Å². The maximum Gasteiger partial charge on any atom is 0.472 e. The Bertz CT molecular complexity index is 549. The van der Waals surface area contributed by atoms with Crippen molar-refractivity contribution in [1.29, 1.82) is 0 Å². The second kappa shape index (κ2) is 9.84. The van der Waals surface area contributed by atoms with Crippen molar-refractivity contribution in [3.8, 4) is 0 Å². The van der Waals surface area contributed by atoms with E-state index in [1.54, 1.807) is 0 Å². The van der Waals surface area contributed by atoms with Crippen molar-refractivity contribution in [3.05, 3.63) is 35.4 Å². The van der Waals surface area contributed by atoms with Gasteiger partial charge in [-0.15, -0.1) is 0 Å². The highest BCUT2D eigenvalue weighted by Gasteiger charge is 2.38. The molecule has 0 saturated carbocycles. The summed E-state index contributed by atoms with van der Waals surface area (Å²) in [5.41, 5.74) is 8.09. The number of hydrogen-bond donors (Lipinski definition) is 2. The minimum Gasteiger partial charge on any atom is -0.321 e. The van der Waals surface area contributed by atoms with Gasteiger partial charge in [-0.1, -0.05) is 63.3 Å². The van der Waals surface area contributed by atoms with Gasteiger partial charge in [0.25, 0.3) is 0 Å². The van der Waals surface area contributed by atoms with Gasteiger partial charge in [0.2, 0.25) is 0 Å². The molecule has 0 radical (unpaired) electrons. The van der Waals surface area contributed by atoms with Crippen LogP contribution in [0.2, 0.25) is 0 Å². The highest BCUT2D eigenvalue weighted by atomic mass is 31.2. The molecule has 0 aromatic heterocycles. The van der Waals surface area contributed by atoms with Crippen LogP contribution in [0, 0.1) is 0 Å². The van der Waals surface area contributed by atoms with Crippen LogP contribution in [-0.2, 0) is 26.5 Å². The third-order valence-corrected chi connectivity index (χ3v) is 5.69. The van der Waals surface area contributed by atoms with Crippen LogP contribution >= 0.6 is 7.82 Å². The number of nitrogens with two attached hydrogens (primary N) is 1. The third kappa shape index (κ3) is 7.59. The molecule has 1 aliphatic rings. The minimum atomic E-state index is -3.87. The van der Waals surface area contributed by atoms with Crippen molar-refractivity contribution in [1.82, 2.24) is 0 Å². The van der Waals surface area contributed by atoms with Crippen molar-refractivity contribution < 1.29 is 18.5 Å². The predicted octanol–water partition coefficient (Wildman–Crippen LogP) is 4.37. The van der Waals surface area contributed by atoms with Gasteiger partial charge in [-0.05, 0) is 36.8 Å². The number of unbranched alkanes of at least 4 members (excludes halogenated alkanes) is 5. The summed E-state index contributed by atoms with van der Waals surface area (Å²) in [5, 5.41) is 0. The molecule has 2 rings (SSSR count). The summed E-state index contributed by atoms with van der Waals surface area (Å²) in [5.74, 6) is 0. The van der Waals surface area contributed by atoms with Gasteiger partial charge in [0.1, 0.15) is 0 Å². The average molecular weight is 369 g/mol. The molecule has 142 valence electrons. The van der Waals surface area contributed by atoms with Gasteiger partial charge < -0.3 is 10.6 Å². The summed E-state index contributed by atoms with van der Waals surface area (Å²) in [4.78, 5) is 9.21. The van der Waals surface area contributed by atoms with Crippen LogP contribution in [0.25, 0.3) is 0 Å². The SMILES string of the molecule is CCCCCCCCc1ccc(CCC2(N)COP(=O)(O)OC2)cc1. The van der Waals surface area contributed by atoms with Gasteiger partial charge in [-0.25, -0.2) is 4.57 Å². The fourth-order valence-corrected chi connectivity index (χ4v) is 3.93. The average Bonchev–Trinajstić information content (AvgIpc) is 2.60. The summed E-state index contributed by atoms with van der Waals surface area (Å²) in [6.45, 7) is 2.35. The van der Waals surface area contributed by atoms with E-state index in [1.807, 2.05) is 0 Å². The van der Waals surface area contributed by atoms with E-state index >= 15 is 0 Å². The first-order chi connectivity index (χ1) is 11.9. The van der Waals surface area contributed by atoms with Gasteiger partial charge in [0, 0.05) is 0 Å². The van der Waals surface area contributed by atoms with Crippen LogP contribution in [-0.4, -0.2) is 23.6 Å². The first-order valence-electron chi connectivity index (χ1n) is 9.41. The number of aryl methyl sites for hydroxylation is 2. The summed E-state index contributed by atoms with van der Waals surface area (Å²) < 4.78 is 20.9. The first-order valence-corrected chi connectivity index (χ1v) is 10.9. The molecule has 0 unspecified atom stereocenters. The highest BCUT2D eigenvalue weighted by Crippen LogP contribution is 2.47. The van der Waals surface area contributed by atoms with Crippen molar-refractivity contribution in [3.63, 3.8) is 0 Å². The second-order valence-corrected chi connectivity index (χ2v) is 8.67. The number of benzene rings is 1. The molecular formula is C19H32NO4P. The lowest BCUT2D eigenvalue weighted by Gasteiger charge is -2.34. The molecule has 1 aromatic rings. The van der Waals surface area contributed by atoms with Crippen molar-refractivity contribution in [2.24, 2.45) is 5.73 Å². The quantitative estimate of drug-likeness (QED) is 0.473. The zero-order chi connectivity index (χ0) is 18.2. The van der Waals surface area contributed by atoms with Crippen LogP contribution in [0.4, 0.5) is 0 Å². The van der Waals surface area contributed by atoms with Gasteiger partial charge in [-0.2, -0.15) is 0 Å². The first kappa shape index (κ1) is 20.6. The molecule has 3 N–H and O–H groups in total. The van der Waals surface area contributed by atoms with E-state index in [-0.39, 0.29) is 13.2 Å². The van der Waals surface area contributed by atoms with E-state index in [0.29, 0.717) is 6.42 Å². The number of rotatable bonds is 10. The molecular weight excluding hydrogens is 337 g/mol. The molecule has 0 aliphatic carbocycles. The summed E-state index contributed by atoms with van der Waals surface area (Å²) in [7, 11) is -3.87. The molecule has 5 nitrogen and oxygen atoms in total. The Morgan fingerprint density at radius 1 is 1.00 bits per heavy atom. The van der Waals surface area contributed by atoms with E-state index in [2.05, 4.69) is 31.2 Å². The standard InChI is InChI=1S/C19H32NO4P/c1-2-3-4-5-6-7-8-17-9-11-18(12-10-17)13-14-19(20)15-23-25(21,22)24-16-19/h9-12H,2-8,13-16,20H2,1H3,(H,21,22). The van der Waals surface area contributed by atoms with E-state index in [0.717, 1.165) is 12.8 Å². The van der Waals surface area contributed by atoms with Crippen LogP contribution in [0.1, 0.15) is 63.0 Å². The monoisotopic (exact) mass is 369 g/mol. The zero-order valence-corrected chi connectivity index (χ0v) is 16.2. The molecule has 0 atom stereocenters. The third-order valence-electron chi connectivity index (χ3n) is 4.78. The summed E-state index contributed by atoms with van der Waals surface area (Å²) >= 11 is 0. The molecule has 25 heavy (non-hydrogen) atoms. The number of phosphoric acid groups is 1. The van der Waals surface area contributed by atoms with E-state index < -0.39 is 13.4 Å². The molecule has 1 aliphatic heterocycles. The predicted molar refractivity (Wildman–Crippen MR) is 100 cm³/mol. The van der Waals surface area contributed by atoms with Crippen LogP contribution < -0.4 is 5.73 Å². The normalized spacial score (nSPS) is 26.7. The van der Waals surface area contributed by atoms with E-state index in [9.17, 15) is 9.46 Å². The Hall–Kier alpha value is -0.710. The lowest BCUT2D eigenvalue weighted by Crippen LogP contribution is -2.51. The Morgan fingerprint density at radius 2 is 1.52 bits per heavy atom. The lowest BCUT2D eigenvalue weighted by molar-refractivity contribution is 0.0372. The second-order valence-electron chi connectivity index (χ2n) is 7.21. The summed E-state index contributed by atoms with van der Waals surface area (Å²) in [6.07, 6.45) is 10.5. The molecule has 1 aromatic carbocycles. The lowest BCUT2D eigenvalue weighted by atomic mass is 9.93.